The lowest BCUT2D eigenvalue weighted by Crippen LogP contribution is -2.63. The summed E-state index contributed by atoms with van der Waals surface area (Å²) in [7, 11) is 4.97. The number of methoxy groups -OCH3 is 1. The van der Waals surface area contributed by atoms with E-state index in [1.54, 1.807) is 47.0 Å². The van der Waals surface area contributed by atoms with Crippen LogP contribution in [-0.4, -0.2) is 73.0 Å². The molecule has 2 rings (SSSR count). The Balaban J connectivity index is 2.24. The second kappa shape index (κ2) is 6.89. The molecule has 1 aliphatic heterocycles. The fourth-order valence-electron chi connectivity index (χ4n) is 2.96. The number of nitrogens with zero attached hydrogens (tertiary/aromatic N) is 3. The van der Waals surface area contributed by atoms with Gasteiger partial charge in [-0.05, 0) is 32.0 Å². The Morgan fingerprint density at radius 3 is 2.46 bits per heavy atom. The molecule has 0 spiro atoms. The summed E-state index contributed by atoms with van der Waals surface area (Å²) in [4.78, 5) is 30.3. The van der Waals surface area contributed by atoms with E-state index in [0.717, 1.165) is 0 Å². The molecule has 0 aliphatic carbocycles. The number of carbonyl (C=O) groups excluding carboxylic acids is 2. The molecule has 0 N–H and O–H groups in total. The average molecular weight is 354 g/mol. The number of ether oxygens (including phenoxy) is 1. The van der Waals surface area contributed by atoms with Crippen molar-refractivity contribution in [2.75, 3.05) is 40.8 Å². The predicted octanol–water partition coefficient (Wildman–Crippen LogP) is 2.57. The molecule has 6 nitrogen and oxygen atoms in total. The van der Waals surface area contributed by atoms with E-state index >= 15 is 0 Å². The molecule has 1 saturated heterocycles. The molecule has 0 radical (unpaired) electrons. The van der Waals surface area contributed by atoms with E-state index in [0.29, 0.717) is 36.0 Å². The standard InChI is InChI=1S/C17H24ClN3O3/c1-17(2)11-20(16(23)19(3)4)8-9-21(17)15(22)13-7-6-12(18)10-14(13)24-5/h6-7,10H,8-9,11H2,1-5H3. The van der Waals surface area contributed by atoms with Crippen molar-refractivity contribution in [1.29, 1.82) is 0 Å². The van der Waals surface area contributed by atoms with Crippen molar-refractivity contribution in [2.24, 2.45) is 0 Å². The van der Waals surface area contributed by atoms with Crippen LogP contribution in [0, 0.1) is 0 Å². The van der Waals surface area contributed by atoms with Crippen LogP contribution in [0.5, 0.6) is 5.75 Å². The highest BCUT2D eigenvalue weighted by atomic mass is 35.5. The summed E-state index contributed by atoms with van der Waals surface area (Å²) in [6.45, 7) is 5.37. The topological polar surface area (TPSA) is 53.1 Å². The van der Waals surface area contributed by atoms with Crippen molar-refractivity contribution in [2.45, 2.75) is 19.4 Å². The lowest BCUT2D eigenvalue weighted by Gasteiger charge is -2.47. The summed E-state index contributed by atoms with van der Waals surface area (Å²) < 4.78 is 5.29. The Bertz CT molecular complexity index is 646. The van der Waals surface area contributed by atoms with Gasteiger partial charge in [-0.1, -0.05) is 11.6 Å². The van der Waals surface area contributed by atoms with E-state index in [1.165, 1.54) is 7.11 Å². The van der Waals surface area contributed by atoms with E-state index in [4.69, 9.17) is 16.3 Å². The number of amides is 3. The van der Waals surface area contributed by atoms with Gasteiger partial charge in [-0.25, -0.2) is 4.79 Å². The Hall–Kier alpha value is -1.95. The first-order valence-corrected chi connectivity index (χ1v) is 8.17. The van der Waals surface area contributed by atoms with Gasteiger partial charge in [-0.2, -0.15) is 0 Å². The maximum absolute atomic E-state index is 13.0. The minimum absolute atomic E-state index is 0.0424. The van der Waals surface area contributed by atoms with E-state index in [-0.39, 0.29) is 11.9 Å². The predicted molar refractivity (Wildman–Crippen MR) is 93.8 cm³/mol. The van der Waals surface area contributed by atoms with Crippen LogP contribution in [0.3, 0.4) is 0 Å². The van der Waals surface area contributed by atoms with Crippen LogP contribution in [0.1, 0.15) is 24.2 Å². The van der Waals surface area contributed by atoms with Crippen LogP contribution in [0.25, 0.3) is 0 Å². The number of hydrogen-bond acceptors (Lipinski definition) is 3. The first-order chi connectivity index (χ1) is 11.2. The number of hydrogen-bond donors (Lipinski definition) is 0. The SMILES string of the molecule is COc1cc(Cl)ccc1C(=O)N1CCN(C(=O)N(C)C)CC1(C)C. The fourth-order valence-corrected chi connectivity index (χ4v) is 3.13. The van der Waals surface area contributed by atoms with E-state index in [1.807, 2.05) is 13.8 Å². The van der Waals surface area contributed by atoms with Crippen molar-refractivity contribution in [3.8, 4) is 5.75 Å². The van der Waals surface area contributed by atoms with Crippen LogP contribution in [-0.2, 0) is 0 Å². The molecule has 3 amide bonds. The van der Waals surface area contributed by atoms with Crippen LogP contribution >= 0.6 is 11.6 Å². The maximum atomic E-state index is 13.0. The van der Waals surface area contributed by atoms with Crippen molar-refractivity contribution in [1.82, 2.24) is 14.7 Å². The monoisotopic (exact) mass is 353 g/mol. The third-order valence-corrected chi connectivity index (χ3v) is 4.43. The van der Waals surface area contributed by atoms with Crippen LogP contribution in [0.2, 0.25) is 5.02 Å². The molecule has 0 aromatic heterocycles. The molecule has 1 aliphatic rings. The molecule has 1 fully saturated rings. The molecule has 1 heterocycles. The van der Waals surface area contributed by atoms with Gasteiger partial charge in [-0.15, -0.1) is 0 Å². The van der Waals surface area contributed by atoms with Gasteiger partial charge in [0.2, 0.25) is 0 Å². The molecule has 0 saturated carbocycles. The van der Waals surface area contributed by atoms with E-state index in [9.17, 15) is 9.59 Å². The molecule has 24 heavy (non-hydrogen) atoms. The number of carbonyl (C=O) groups is 2. The molecule has 0 unspecified atom stereocenters. The van der Waals surface area contributed by atoms with Gasteiger partial charge in [0.25, 0.3) is 5.91 Å². The number of rotatable bonds is 2. The first kappa shape index (κ1) is 18.4. The Labute approximate surface area is 147 Å². The van der Waals surface area contributed by atoms with E-state index in [2.05, 4.69) is 0 Å². The zero-order valence-corrected chi connectivity index (χ0v) is 15.6. The molecule has 7 heteroatoms. The quantitative estimate of drug-likeness (QED) is 0.821. The third kappa shape index (κ3) is 3.59. The molecular formula is C17H24ClN3O3. The zero-order valence-electron chi connectivity index (χ0n) is 14.8. The largest absolute Gasteiger partial charge is 0.496 e. The third-order valence-electron chi connectivity index (χ3n) is 4.19. The van der Waals surface area contributed by atoms with Crippen LogP contribution < -0.4 is 4.74 Å². The molecule has 132 valence electrons. The molecule has 1 aromatic carbocycles. The first-order valence-electron chi connectivity index (χ1n) is 7.79. The number of piperazine rings is 1. The van der Waals surface area contributed by atoms with Gasteiger partial charge >= 0.3 is 6.03 Å². The molecule has 0 bridgehead atoms. The molecular weight excluding hydrogens is 330 g/mol. The van der Waals surface area contributed by atoms with Gasteiger partial charge in [-0.3, -0.25) is 4.79 Å². The minimum Gasteiger partial charge on any atom is -0.496 e. The molecule has 1 aromatic rings. The summed E-state index contributed by atoms with van der Waals surface area (Å²) in [5, 5.41) is 0.518. The summed E-state index contributed by atoms with van der Waals surface area (Å²) >= 11 is 5.97. The summed E-state index contributed by atoms with van der Waals surface area (Å²) in [6, 6.07) is 4.94. The van der Waals surface area contributed by atoms with E-state index < -0.39 is 5.54 Å². The van der Waals surface area contributed by atoms with Gasteiger partial charge < -0.3 is 19.4 Å². The molecule has 0 atom stereocenters. The van der Waals surface area contributed by atoms with Crippen molar-refractivity contribution in [3.63, 3.8) is 0 Å². The van der Waals surface area contributed by atoms with Gasteiger partial charge in [0.15, 0.2) is 0 Å². The second-order valence-corrected chi connectivity index (χ2v) is 7.15. The smallest absolute Gasteiger partial charge is 0.319 e. The normalized spacial score (nSPS) is 16.8. The summed E-state index contributed by atoms with van der Waals surface area (Å²) in [5.41, 5.74) is -0.00610. The lowest BCUT2D eigenvalue weighted by atomic mass is 9.97. The maximum Gasteiger partial charge on any atom is 0.319 e. The number of benzene rings is 1. The highest BCUT2D eigenvalue weighted by Gasteiger charge is 2.39. The highest BCUT2D eigenvalue weighted by Crippen LogP contribution is 2.29. The summed E-state index contributed by atoms with van der Waals surface area (Å²) in [5.74, 6) is 0.334. The Morgan fingerprint density at radius 1 is 1.25 bits per heavy atom. The number of halogens is 1. The van der Waals surface area contributed by atoms with Gasteiger partial charge in [0.05, 0.1) is 18.2 Å². The number of urea groups is 1. The Morgan fingerprint density at radius 2 is 1.92 bits per heavy atom. The lowest BCUT2D eigenvalue weighted by molar-refractivity contribution is 0.0239. The highest BCUT2D eigenvalue weighted by molar-refractivity contribution is 6.30. The van der Waals surface area contributed by atoms with Crippen LogP contribution in [0.4, 0.5) is 4.79 Å². The van der Waals surface area contributed by atoms with Crippen molar-refractivity contribution in [3.05, 3.63) is 28.8 Å². The zero-order chi connectivity index (χ0) is 18.1. The summed E-state index contributed by atoms with van der Waals surface area (Å²) in [6.07, 6.45) is 0. The Kier molecular flexibility index (Phi) is 5.28. The second-order valence-electron chi connectivity index (χ2n) is 6.71. The van der Waals surface area contributed by atoms with Crippen molar-refractivity contribution >= 4 is 23.5 Å². The van der Waals surface area contributed by atoms with Gasteiger partial charge in [0, 0.05) is 38.8 Å². The minimum atomic E-state index is -0.481. The van der Waals surface area contributed by atoms with Crippen molar-refractivity contribution < 1.29 is 14.3 Å². The van der Waals surface area contributed by atoms with Gasteiger partial charge in [0.1, 0.15) is 5.75 Å². The average Bonchev–Trinajstić information content (AvgIpc) is 2.52. The van der Waals surface area contributed by atoms with Crippen LogP contribution in [0.15, 0.2) is 18.2 Å². The fraction of sp³-hybridized carbons (Fsp3) is 0.529.